The maximum absolute atomic E-state index is 10.5. The molecule has 0 aromatic heterocycles. The van der Waals surface area contributed by atoms with E-state index < -0.39 is 4.92 Å². The number of benzene rings is 2. The van der Waals surface area contributed by atoms with Crippen LogP contribution in [0.2, 0.25) is 0 Å². The lowest BCUT2D eigenvalue weighted by Crippen LogP contribution is -1.87. The van der Waals surface area contributed by atoms with Crippen molar-refractivity contribution in [3.05, 3.63) is 69.8 Å². The van der Waals surface area contributed by atoms with Crippen molar-refractivity contribution in [2.75, 3.05) is 12.4 Å². The van der Waals surface area contributed by atoms with E-state index >= 15 is 0 Å². The second-order valence-corrected chi connectivity index (χ2v) is 4.05. The maximum atomic E-state index is 10.5. The minimum Gasteiger partial charge on any atom is -0.388 e. The minimum absolute atomic E-state index is 0.107. The van der Waals surface area contributed by atoms with Crippen LogP contribution < -0.4 is 5.32 Å². The van der Waals surface area contributed by atoms with Gasteiger partial charge in [-0.1, -0.05) is 24.3 Å². The number of hydrogen-bond acceptors (Lipinski definition) is 3. The molecule has 2 rings (SSSR count). The topological polar surface area (TPSA) is 55.2 Å². The zero-order chi connectivity index (χ0) is 13.7. The van der Waals surface area contributed by atoms with Crippen LogP contribution in [-0.2, 0) is 0 Å². The van der Waals surface area contributed by atoms with Crippen LogP contribution in [0.25, 0.3) is 12.2 Å². The van der Waals surface area contributed by atoms with Crippen molar-refractivity contribution in [3.63, 3.8) is 0 Å². The van der Waals surface area contributed by atoms with E-state index in [1.54, 1.807) is 12.1 Å². The molecule has 0 bridgehead atoms. The predicted molar refractivity (Wildman–Crippen MR) is 78.0 cm³/mol. The molecule has 19 heavy (non-hydrogen) atoms. The molecule has 0 aliphatic heterocycles. The highest BCUT2D eigenvalue weighted by atomic mass is 16.6. The summed E-state index contributed by atoms with van der Waals surface area (Å²) in [5.74, 6) is 0. The molecule has 0 atom stereocenters. The zero-order valence-corrected chi connectivity index (χ0v) is 10.5. The monoisotopic (exact) mass is 254 g/mol. The first kappa shape index (κ1) is 12.8. The van der Waals surface area contributed by atoms with Gasteiger partial charge in [-0.05, 0) is 35.4 Å². The molecule has 2 aromatic rings. The van der Waals surface area contributed by atoms with Crippen LogP contribution in [0.5, 0.6) is 0 Å². The summed E-state index contributed by atoms with van der Waals surface area (Å²) < 4.78 is 0. The largest absolute Gasteiger partial charge is 0.388 e. The molecule has 0 aliphatic carbocycles. The van der Waals surface area contributed by atoms with Gasteiger partial charge in [0.1, 0.15) is 0 Å². The molecule has 4 heteroatoms. The molecular weight excluding hydrogens is 240 g/mol. The minimum atomic E-state index is -0.399. The van der Waals surface area contributed by atoms with Gasteiger partial charge in [0, 0.05) is 24.9 Å². The first-order valence-corrected chi connectivity index (χ1v) is 5.89. The van der Waals surface area contributed by atoms with Crippen LogP contribution in [-0.4, -0.2) is 12.0 Å². The Hall–Kier alpha value is -2.62. The Labute approximate surface area is 111 Å². The number of rotatable bonds is 4. The number of nitrogens with zero attached hydrogens (tertiary/aromatic N) is 1. The quantitative estimate of drug-likeness (QED) is 0.513. The summed E-state index contributed by atoms with van der Waals surface area (Å²) in [4.78, 5) is 10.1. The Bertz CT molecular complexity index is 587. The summed E-state index contributed by atoms with van der Waals surface area (Å²) in [5.41, 5.74) is 3.18. The number of nitro benzene ring substituents is 1. The van der Waals surface area contributed by atoms with E-state index in [2.05, 4.69) is 5.32 Å². The van der Waals surface area contributed by atoms with Gasteiger partial charge in [-0.25, -0.2) is 0 Å². The first-order valence-electron chi connectivity index (χ1n) is 5.89. The van der Waals surface area contributed by atoms with Crippen molar-refractivity contribution in [1.82, 2.24) is 0 Å². The van der Waals surface area contributed by atoms with Gasteiger partial charge < -0.3 is 5.32 Å². The van der Waals surface area contributed by atoms with Crippen molar-refractivity contribution in [2.24, 2.45) is 0 Å². The fourth-order valence-electron chi connectivity index (χ4n) is 1.66. The van der Waals surface area contributed by atoms with Crippen molar-refractivity contribution in [2.45, 2.75) is 0 Å². The van der Waals surface area contributed by atoms with Gasteiger partial charge in [0.15, 0.2) is 0 Å². The van der Waals surface area contributed by atoms with Crippen LogP contribution in [0, 0.1) is 10.1 Å². The molecular formula is C15H14N2O2. The van der Waals surface area contributed by atoms with Crippen LogP contribution in [0.3, 0.4) is 0 Å². The smallest absolute Gasteiger partial charge is 0.269 e. The lowest BCUT2D eigenvalue weighted by molar-refractivity contribution is -0.384. The average molecular weight is 254 g/mol. The molecule has 0 saturated heterocycles. The highest BCUT2D eigenvalue weighted by molar-refractivity contribution is 5.70. The standard InChI is InChI=1S/C15H14N2O2/c1-16-14-8-4-12(5-9-14)2-3-13-6-10-15(11-7-13)17(18)19/h2-11,16H,1H3. The van der Waals surface area contributed by atoms with Gasteiger partial charge in [-0.15, -0.1) is 0 Å². The number of anilines is 1. The predicted octanol–water partition coefficient (Wildman–Crippen LogP) is 3.81. The second-order valence-electron chi connectivity index (χ2n) is 4.05. The Morgan fingerprint density at radius 1 is 0.947 bits per heavy atom. The third kappa shape index (κ3) is 3.42. The summed E-state index contributed by atoms with van der Waals surface area (Å²) in [6.45, 7) is 0. The van der Waals surface area contributed by atoms with Crippen LogP contribution >= 0.6 is 0 Å². The summed E-state index contributed by atoms with van der Waals surface area (Å²) in [6.07, 6.45) is 3.90. The van der Waals surface area contributed by atoms with Gasteiger partial charge in [0.25, 0.3) is 5.69 Å². The highest BCUT2D eigenvalue weighted by Gasteiger charge is 2.01. The highest BCUT2D eigenvalue weighted by Crippen LogP contribution is 2.15. The van der Waals surface area contributed by atoms with E-state index in [0.717, 1.165) is 16.8 Å². The van der Waals surface area contributed by atoms with E-state index in [9.17, 15) is 10.1 Å². The summed E-state index contributed by atoms with van der Waals surface area (Å²) in [5, 5.41) is 13.6. The third-order valence-corrected chi connectivity index (χ3v) is 2.77. The van der Waals surface area contributed by atoms with Gasteiger partial charge >= 0.3 is 0 Å². The van der Waals surface area contributed by atoms with E-state index in [4.69, 9.17) is 0 Å². The molecule has 0 fully saturated rings. The van der Waals surface area contributed by atoms with E-state index in [0.29, 0.717) is 0 Å². The van der Waals surface area contributed by atoms with Crippen molar-refractivity contribution in [1.29, 1.82) is 0 Å². The van der Waals surface area contributed by atoms with E-state index in [1.165, 1.54) is 12.1 Å². The summed E-state index contributed by atoms with van der Waals surface area (Å²) in [6, 6.07) is 14.5. The van der Waals surface area contributed by atoms with E-state index in [1.807, 2.05) is 43.5 Å². The van der Waals surface area contributed by atoms with Gasteiger partial charge in [-0.2, -0.15) is 0 Å². The van der Waals surface area contributed by atoms with Crippen LogP contribution in [0.15, 0.2) is 48.5 Å². The molecule has 1 N–H and O–H groups in total. The molecule has 4 nitrogen and oxygen atoms in total. The molecule has 0 radical (unpaired) electrons. The molecule has 0 aliphatic rings. The Morgan fingerprint density at radius 3 is 1.84 bits per heavy atom. The Balaban J connectivity index is 2.10. The fourth-order valence-corrected chi connectivity index (χ4v) is 1.66. The molecule has 0 amide bonds. The number of nitrogens with one attached hydrogen (secondary N) is 1. The van der Waals surface area contributed by atoms with E-state index in [-0.39, 0.29) is 5.69 Å². The molecule has 2 aromatic carbocycles. The molecule has 0 unspecified atom stereocenters. The van der Waals surface area contributed by atoms with Crippen molar-refractivity contribution < 1.29 is 4.92 Å². The number of non-ortho nitro benzene ring substituents is 1. The normalized spacial score (nSPS) is 10.6. The van der Waals surface area contributed by atoms with Crippen molar-refractivity contribution >= 4 is 23.5 Å². The first-order chi connectivity index (χ1) is 9.19. The van der Waals surface area contributed by atoms with Crippen LogP contribution in [0.4, 0.5) is 11.4 Å². The number of hydrogen-bond donors (Lipinski definition) is 1. The Kier molecular flexibility index (Phi) is 3.93. The molecule has 0 saturated carbocycles. The number of nitro groups is 1. The van der Waals surface area contributed by atoms with Crippen molar-refractivity contribution in [3.8, 4) is 0 Å². The van der Waals surface area contributed by atoms with Gasteiger partial charge in [-0.3, -0.25) is 10.1 Å². The van der Waals surface area contributed by atoms with Gasteiger partial charge in [0.2, 0.25) is 0 Å². The fraction of sp³-hybridized carbons (Fsp3) is 0.0667. The lowest BCUT2D eigenvalue weighted by Gasteiger charge is -1.99. The Morgan fingerprint density at radius 2 is 1.42 bits per heavy atom. The molecule has 0 heterocycles. The van der Waals surface area contributed by atoms with Gasteiger partial charge in [0.05, 0.1) is 4.92 Å². The molecule has 0 spiro atoms. The summed E-state index contributed by atoms with van der Waals surface area (Å²) >= 11 is 0. The third-order valence-electron chi connectivity index (χ3n) is 2.77. The summed E-state index contributed by atoms with van der Waals surface area (Å²) in [7, 11) is 1.88. The molecule has 96 valence electrons. The zero-order valence-electron chi connectivity index (χ0n) is 10.5. The average Bonchev–Trinajstić information content (AvgIpc) is 2.46. The SMILES string of the molecule is CNc1ccc(C=Cc2ccc([N+](=O)[O-])cc2)cc1. The second kappa shape index (κ2) is 5.82. The maximum Gasteiger partial charge on any atom is 0.269 e. The lowest BCUT2D eigenvalue weighted by atomic mass is 10.1. The van der Waals surface area contributed by atoms with Crippen LogP contribution in [0.1, 0.15) is 11.1 Å².